The van der Waals surface area contributed by atoms with Crippen LogP contribution < -0.4 is 5.32 Å². The summed E-state index contributed by atoms with van der Waals surface area (Å²) in [6.07, 6.45) is 3.90. The van der Waals surface area contributed by atoms with E-state index >= 15 is 0 Å². The lowest BCUT2D eigenvalue weighted by Crippen LogP contribution is -2.57. The van der Waals surface area contributed by atoms with Crippen molar-refractivity contribution < 1.29 is 0 Å². The fourth-order valence-electron chi connectivity index (χ4n) is 2.96. The second kappa shape index (κ2) is 5.41. The van der Waals surface area contributed by atoms with Crippen LogP contribution in [0.1, 0.15) is 38.7 Å². The Hall–Kier alpha value is -0.530. The topological polar surface area (TPSA) is 12.0 Å². The van der Waals surface area contributed by atoms with Gasteiger partial charge in [-0.1, -0.05) is 50.4 Å². The zero-order chi connectivity index (χ0) is 12.3. The molecule has 1 nitrogen and oxygen atoms in total. The van der Waals surface area contributed by atoms with E-state index in [1.807, 2.05) is 12.1 Å². The van der Waals surface area contributed by atoms with Gasteiger partial charge in [0.15, 0.2) is 0 Å². The van der Waals surface area contributed by atoms with Gasteiger partial charge in [0, 0.05) is 23.5 Å². The molecule has 1 atom stereocenters. The number of nitrogens with one attached hydrogen (secondary N) is 1. The van der Waals surface area contributed by atoms with Gasteiger partial charge in [0.2, 0.25) is 0 Å². The number of rotatable bonds is 5. The molecule has 0 aromatic heterocycles. The van der Waals surface area contributed by atoms with Crippen molar-refractivity contribution in [3.8, 4) is 0 Å². The molecule has 1 aliphatic heterocycles. The van der Waals surface area contributed by atoms with E-state index in [1.165, 1.54) is 24.8 Å². The zero-order valence-corrected chi connectivity index (χ0v) is 11.6. The molecule has 1 aliphatic rings. The van der Waals surface area contributed by atoms with E-state index in [0.29, 0.717) is 5.41 Å². The van der Waals surface area contributed by atoms with Crippen molar-refractivity contribution in [1.82, 2.24) is 5.32 Å². The van der Waals surface area contributed by atoms with Gasteiger partial charge < -0.3 is 5.32 Å². The molecular formula is C15H22ClN. The van der Waals surface area contributed by atoms with Crippen molar-refractivity contribution in [2.24, 2.45) is 5.92 Å². The van der Waals surface area contributed by atoms with Crippen molar-refractivity contribution >= 4 is 11.6 Å². The number of halogens is 1. The van der Waals surface area contributed by atoms with Gasteiger partial charge in [-0.2, -0.15) is 0 Å². The van der Waals surface area contributed by atoms with Crippen LogP contribution in [0.2, 0.25) is 5.02 Å². The van der Waals surface area contributed by atoms with Crippen LogP contribution >= 0.6 is 11.6 Å². The lowest BCUT2D eigenvalue weighted by Gasteiger charge is -2.45. The van der Waals surface area contributed by atoms with Gasteiger partial charge in [-0.05, 0) is 30.0 Å². The fraction of sp³-hybridized carbons (Fsp3) is 0.600. The van der Waals surface area contributed by atoms with Gasteiger partial charge in [0.05, 0.1) is 0 Å². The Morgan fingerprint density at radius 2 is 1.94 bits per heavy atom. The van der Waals surface area contributed by atoms with Gasteiger partial charge in [0.1, 0.15) is 0 Å². The zero-order valence-electron chi connectivity index (χ0n) is 10.8. The molecule has 0 spiro atoms. The van der Waals surface area contributed by atoms with Crippen LogP contribution in [-0.4, -0.2) is 13.1 Å². The first-order valence-corrected chi connectivity index (χ1v) is 7.01. The Labute approximate surface area is 110 Å². The van der Waals surface area contributed by atoms with Crippen molar-refractivity contribution in [1.29, 1.82) is 0 Å². The Morgan fingerprint density at radius 1 is 1.29 bits per heavy atom. The molecule has 1 aromatic carbocycles. The standard InChI is InChI=1S/C15H22ClN/c1-3-4-12(2)9-15(10-17-11-15)13-5-7-14(16)8-6-13/h5-8,12,17H,3-4,9-11H2,1-2H3. The summed E-state index contributed by atoms with van der Waals surface area (Å²) in [6.45, 7) is 6.87. The van der Waals surface area contributed by atoms with Gasteiger partial charge >= 0.3 is 0 Å². The Balaban J connectivity index is 2.11. The van der Waals surface area contributed by atoms with E-state index in [-0.39, 0.29) is 0 Å². The molecule has 0 saturated carbocycles. The first-order chi connectivity index (χ1) is 8.16. The molecule has 1 aromatic rings. The minimum Gasteiger partial charge on any atom is -0.315 e. The average Bonchev–Trinajstić information content (AvgIpc) is 2.25. The Bertz CT molecular complexity index is 354. The first-order valence-electron chi connectivity index (χ1n) is 6.63. The second-order valence-corrected chi connectivity index (χ2v) is 5.93. The number of hydrogen-bond acceptors (Lipinski definition) is 1. The van der Waals surface area contributed by atoms with E-state index in [0.717, 1.165) is 24.0 Å². The third-order valence-corrected chi connectivity index (χ3v) is 4.16. The highest BCUT2D eigenvalue weighted by atomic mass is 35.5. The van der Waals surface area contributed by atoms with Crippen LogP contribution in [0.25, 0.3) is 0 Å². The minimum atomic E-state index is 0.360. The van der Waals surface area contributed by atoms with Crippen LogP contribution in [0.15, 0.2) is 24.3 Å². The third-order valence-electron chi connectivity index (χ3n) is 3.90. The van der Waals surface area contributed by atoms with E-state index < -0.39 is 0 Å². The normalized spacial score (nSPS) is 19.7. The van der Waals surface area contributed by atoms with Gasteiger partial charge in [-0.3, -0.25) is 0 Å². The van der Waals surface area contributed by atoms with Gasteiger partial charge in [-0.15, -0.1) is 0 Å². The summed E-state index contributed by atoms with van der Waals surface area (Å²) in [6, 6.07) is 8.42. The summed E-state index contributed by atoms with van der Waals surface area (Å²) in [5.41, 5.74) is 1.81. The monoisotopic (exact) mass is 251 g/mol. The second-order valence-electron chi connectivity index (χ2n) is 5.49. The van der Waals surface area contributed by atoms with Crippen molar-refractivity contribution in [3.63, 3.8) is 0 Å². The first kappa shape index (κ1) is 12.9. The highest BCUT2D eigenvalue weighted by Crippen LogP contribution is 2.36. The lowest BCUT2D eigenvalue weighted by atomic mass is 9.69. The lowest BCUT2D eigenvalue weighted by molar-refractivity contribution is 0.218. The molecule has 1 N–H and O–H groups in total. The van der Waals surface area contributed by atoms with Crippen molar-refractivity contribution in [2.75, 3.05) is 13.1 Å². The predicted octanol–water partition coefficient (Wildman–Crippen LogP) is 4.01. The van der Waals surface area contributed by atoms with Crippen molar-refractivity contribution in [2.45, 2.75) is 38.5 Å². The maximum atomic E-state index is 5.96. The van der Waals surface area contributed by atoms with Crippen LogP contribution in [0, 0.1) is 5.92 Å². The van der Waals surface area contributed by atoms with Gasteiger partial charge in [0.25, 0.3) is 0 Å². The summed E-state index contributed by atoms with van der Waals surface area (Å²) in [5, 5.41) is 4.26. The van der Waals surface area contributed by atoms with Crippen molar-refractivity contribution in [3.05, 3.63) is 34.9 Å². The summed E-state index contributed by atoms with van der Waals surface area (Å²) >= 11 is 5.96. The molecule has 2 rings (SSSR count). The molecule has 17 heavy (non-hydrogen) atoms. The van der Waals surface area contributed by atoms with Crippen LogP contribution in [0.5, 0.6) is 0 Å². The number of hydrogen-bond donors (Lipinski definition) is 1. The Kier molecular flexibility index (Phi) is 4.11. The highest BCUT2D eigenvalue weighted by Gasteiger charge is 2.39. The largest absolute Gasteiger partial charge is 0.315 e. The fourth-order valence-corrected chi connectivity index (χ4v) is 3.08. The molecule has 1 saturated heterocycles. The highest BCUT2D eigenvalue weighted by molar-refractivity contribution is 6.30. The summed E-state index contributed by atoms with van der Waals surface area (Å²) in [7, 11) is 0. The Morgan fingerprint density at radius 3 is 2.41 bits per heavy atom. The van der Waals surface area contributed by atoms with E-state index in [9.17, 15) is 0 Å². The summed E-state index contributed by atoms with van der Waals surface area (Å²) in [4.78, 5) is 0. The molecule has 0 amide bonds. The minimum absolute atomic E-state index is 0.360. The maximum absolute atomic E-state index is 5.96. The smallest absolute Gasteiger partial charge is 0.0406 e. The molecule has 0 aliphatic carbocycles. The summed E-state index contributed by atoms with van der Waals surface area (Å²) in [5.74, 6) is 0.803. The SMILES string of the molecule is CCCC(C)CC1(c2ccc(Cl)cc2)CNC1. The molecule has 1 fully saturated rings. The molecular weight excluding hydrogens is 230 g/mol. The number of benzene rings is 1. The molecule has 1 unspecified atom stereocenters. The predicted molar refractivity (Wildman–Crippen MR) is 74.7 cm³/mol. The molecule has 2 heteroatoms. The third kappa shape index (κ3) is 2.83. The van der Waals surface area contributed by atoms with Crippen LogP contribution in [0.3, 0.4) is 0 Å². The van der Waals surface area contributed by atoms with Gasteiger partial charge in [-0.25, -0.2) is 0 Å². The maximum Gasteiger partial charge on any atom is 0.0406 e. The molecule has 1 heterocycles. The summed E-state index contributed by atoms with van der Waals surface area (Å²) < 4.78 is 0. The van der Waals surface area contributed by atoms with E-state index in [1.54, 1.807) is 0 Å². The molecule has 0 radical (unpaired) electrons. The van der Waals surface area contributed by atoms with Crippen LogP contribution in [-0.2, 0) is 5.41 Å². The van der Waals surface area contributed by atoms with Crippen LogP contribution in [0.4, 0.5) is 0 Å². The average molecular weight is 252 g/mol. The van der Waals surface area contributed by atoms with E-state index in [4.69, 9.17) is 11.6 Å². The quantitative estimate of drug-likeness (QED) is 0.834. The van der Waals surface area contributed by atoms with E-state index in [2.05, 4.69) is 31.3 Å². The molecule has 94 valence electrons. The molecule has 0 bridgehead atoms.